The Hall–Kier alpha value is -2.33. The molecule has 27 heavy (non-hydrogen) atoms. The standard InChI is InChI=1S/C23H26N2O2/c26-20-3-1-2-18(12-20)15-4-8-17(9-5-15)23(27)22-21(16-6-7-16)11-10-19-13-24-14-25(19)22/h1-3,10-17,23,26-27H,4-9H2/t15?,17?,23-/m0/s1. The van der Waals surface area contributed by atoms with Gasteiger partial charge >= 0.3 is 0 Å². The van der Waals surface area contributed by atoms with Gasteiger partial charge in [0.25, 0.3) is 0 Å². The lowest BCUT2D eigenvalue weighted by atomic mass is 9.75. The number of aromatic nitrogens is 2. The normalized spacial score (nSPS) is 24.2. The molecule has 4 nitrogen and oxygen atoms in total. The first-order valence-corrected chi connectivity index (χ1v) is 10.1. The Morgan fingerprint density at radius 3 is 2.48 bits per heavy atom. The van der Waals surface area contributed by atoms with E-state index in [1.165, 1.54) is 24.0 Å². The maximum atomic E-state index is 11.3. The third-order valence-electron chi connectivity index (χ3n) is 6.51. The average molecular weight is 362 g/mol. The molecule has 140 valence electrons. The van der Waals surface area contributed by atoms with Crippen molar-refractivity contribution in [1.82, 2.24) is 9.38 Å². The van der Waals surface area contributed by atoms with E-state index < -0.39 is 6.10 Å². The summed E-state index contributed by atoms with van der Waals surface area (Å²) in [5.74, 6) is 1.71. The van der Waals surface area contributed by atoms with Crippen LogP contribution in [0.4, 0.5) is 0 Å². The van der Waals surface area contributed by atoms with Crippen molar-refractivity contribution in [1.29, 1.82) is 0 Å². The van der Waals surface area contributed by atoms with Crippen LogP contribution in [-0.2, 0) is 0 Å². The van der Waals surface area contributed by atoms with Gasteiger partial charge < -0.3 is 14.6 Å². The van der Waals surface area contributed by atoms with Crippen molar-refractivity contribution in [2.75, 3.05) is 0 Å². The zero-order valence-electron chi connectivity index (χ0n) is 15.5. The largest absolute Gasteiger partial charge is 0.508 e. The molecule has 0 bridgehead atoms. The van der Waals surface area contributed by atoms with Gasteiger partial charge in [-0.2, -0.15) is 0 Å². The Bertz CT molecular complexity index is 952. The highest BCUT2D eigenvalue weighted by atomic mass is 16.3. The van der Waals surface area contributed by atoms with Gasteiger partial charge in [0.1, 0.15) is 5.75 Å². The van der Waals surface area contributed by atoms with E-state index in [4.69, 9.17) is 0 Å². The molecule has 0 radical (unpaired) electrons. The molecule has 2 saturated carbocycles. The smallest absolute Gasteiger partial charge is 0.115 e. The Morgan fingerprint density at radius 1 is 0.963 bits per heavy atom. The molecule has 3 aromatic rings. The van der Waals surface area contributed by atoms with Gasteiger partial charge in [-0.05, 0) is 85.6 Å². The number of aliphatic hydroxyl groups is 1. The fraction of sp³-hybridized carbons (Fsp3) is 0.435. The molecule has 1 aromatic carbocycles. The van der Waals surface area contributed by atoms with Crippen molar-refractivity contribution < 1.29 is 10.2 Å². The van der Waals surface area contributed by atoms with Crippen LogP contribution in [0.15, 0.2) is 48.9 Å². The summed E-state index contributed by atoms with van der Waals surface area (Å²) in [6.07, 6.45) is 9.86. The Balaban J connectivity index is 1.38. The van der Waals surface area contributed by atoms with Gasteiger partial charge in [0.2, 0.25) is 0 Å². The number of phenolic OH excluding ortho intramolecular Hbond substituents is 1. The summed E-state index contributed by atoms with van der Waals surface area (Å²) < 4.78 is 2.10. The number of nitrogens with zero attached hydrogens (tertiary/aromatic N) is 2. The molecule has 2 N–H and O–H groups in total. The zero-order chi connectivity index (χ0) is 18.4. The quantitative estimate of drug-likeness (QED) is 0.692. The van der Waals surface area contributed by atoms with Crippen LogP contribution in [0.2, 0.25) is 0 Å². The minimum absolute atomic E-state index is 0.282. The molecule has 2 heterocycles. The number of imidazole rings is 1. The van der Waals surface area contributed by atoms with E-state index >= 15 is 0 Å². The Morgan fingerprint density at radius 2 is 1.74 bits per heavy atom. The van der Waals surface area contributed by atoms with Crippen LogP contribution in [0.3, 0.4) is 0 Å². The molecular formula is C23H26N2O2. The molecule has 0 spiro atoms. The van der Waals surface area contributed by atoms with Crippen molar-refractivity contribution in [2.24, 2.45) is 5.92 Å². The SMILES string of the molecule is Oc1cccc(C2CCC([C@H](O)c3c(C4CC4)ccc4cncn34)CC2)c1. The van der Waals surface area contributed by atoms with Crippen LogP contribution in [-0.4, -0.2) is 19.6 Å². The summed E-state index contributed by atoms with van der Waals surface area (Å²) in [6, 6.07) is 12.0. The predicted molar refractivity (Wildman–Crippen MR) is 105 cm³/mol. The minimum Gasteiger partial charge on any atom is -0.508 e. The summed E-state index contributed by atoms with van der Waals surface area (Å²) in [4.78, 5) is 4.30. The van der Waals surface area contributed by atoms with E-state index in [2.05, 4.69) is 27.6 Å². The van der Waals surface area contributed by atoms with Gasteiger partial charge in [-0.25, -0.2) is 4.98 Å². The highest BCUT2D eigenvalue weighted by Gasteiger charge is 2.34. The van der Waals surface area contributed by atoms with Crippen LogP contribution in [0.1, 0.15) is 73.3 Å². The molecule has 2 aliphatic carbocycles. The molecule has 4 heteroatoms. The fourth-order valence-electron chi connectivity index (χ4n) is 4.85. The molecule has 0 aliphatic heterocycles. The van der Waals surface area contributed by atoms with Gasteiger partial charge in [-0.3, -0.25) is 0 Å². The van der Waals surface area contributed by atoms with Gasteiger partial charge in [0, 0.05) is 0 Å². The van der Waals surface area contributed by atoms with Gasteiger partial charge in [-0.1, -0.05) is 18.2 Å². The van der Waals surface area contributed by atoms with E-state index in [-0.39, 0.29) is 5.92 Å². The number of fused-ring (bicyclic) bond motifs is 1. The fourth-order valence-corrected chi connectivity index (χ4v) is 4.85. The summed E-state index contributed by atoms with van der Waals surface area (Å²) in [6.45, 7) is 0. The Labute approximate surface area is 159 Å². The van der Waals surface area contributed by atoms with E-state index in [1.807, 2.05) is 24.7 Å². The van der Waals surface area contributed by atoms with Crippen LogP contribution in [0.5, 0.6) is 5.75 Å². The predicted octanol–water partition coefficient (Wildman–Crippen LogP) is 4.92. The van der Waals surface area contributed by atoms with Crippen LogP contribution in [0.25, 0.3) is 5.52 Å². The highest BCUT2D eigenvalue weighted by Crippen LogP contribution is 2.47. The van der Waals surface area contributed by atoms with Crippen LogP contribution in [0, 0.1) is 5.92 Å². The molecule has 1 atom stereocenters. The highest BCUT2D eigenvalue weighted by molar-refractivity contribution is 5.50. The van der Waals surface area contributed by atoms with E-state index in [1.54, 1.807) is 6.07 Å². The van der Waals surface area contributed by atoms with Crippen molar-refractivity contribution in [3.05, 3.63) is 65.7 Å². The second-order valence-electron chi connectivity index (χ2n) is 8.29. The second-order valence-corrected chi connectivity index (χ2v) is 8.29. The number of phenols is 1. The monoisotopic (exact) mass is 362 g/mol. The van der Waals surface area contributed by atoms with Crippen LogP contribution < -0.4 is 0 Å². The lowest BCUT2D eigenvalue weighted by Gasteiger charge is -2.33. The number of benzene rings is 1. The molecule has 2 fully saturated rings. The van der Waals surface area contributed by atoms with E-state index in [9.17, 15) is 10.2 Å². The number of aliphatic hydroxyl groups excluding tert-OH is 1. The third kappa shape index (κ3) is 3.12. The topological polar surface area (TPSA) is 57.8 Å². The van der Waals surface area contributed by atoms with Crippen molar-refractivity contribution in [3.63, 3.8) is 0 Å². The lowest BCUT2D eigenvalue weighted by molar-refractivity contribution is 0.0754. The molecule has 2 aliphatic rings. The van der Waals surface area contributed by atoms with Crippen molar-refractivity contribution in [3.8, 4) is 5.75 Å². The average Bonchev–Trinajstić information content (AvgIpc) is 3.43. The van der Waals surface area contributed by atoms with Crippen molar-refractivity contribution in [2.45, 2.75) is 56.5 Å². The minimum atomic E-state index is -0.441. The lowest BCUT2D eigenvalue weighted by Crippen LogP contribution is -2.22. The summed E-state index contributed by atoms with van der Waals surface area (Å²) in [5.41, 5.74) is 4.65. The maximum Gasteiger partial charge on any atom is 0.115 e. The number of hydrogen-bond donors (Lipinski definition) is 2. The maximum absolute atomic E-state index is 11.3. The van der Waals surface area contributed by atoms with Crippen molar-refractivity contribution >= 4 is 5.52 Å². The molecule has 2 aromatic heterocycles. The second kappa shape index (κ2) is 6.68. The summed E-state index contributed by atoms with van der Waals surface area (Å²) >= 11 is 0. The summed E-state index contributed by atoms with van der Waals surface area (Å²) in [7, 11) is 0. The van der Waals surface area contributed by atoms with Crippen LogP contribution >= 0.6 is 0 Å². The molecule has 0 unspecified atom stereocenters. The number of pyridine rings is 1. The van der Waals surface area contributed by atoms with E-state index in [0.29, 0.717) is 17.6 Å². The van der Waals surface area contributed by atoms with E-state index in [0.717, 1.165) is 36.9 Å². The Kier molecular flexibility index (Phi) is 4.16. The third-order valence-corrected chi connectivity index (χ3v) is 6.51. The molecule has 0 saturated heterocycles. The number of rotatable bonds is 4. The number of hydrogen-bond acceptors (Lipinski definition) is 3. The first-order valence-electron chi connectivity index (χ1n) is 10.1. The molecular weight excluding hydrogens is 336 g/mol. The summed E-state index contributed by atoms with van der Waals surface area (Å²) in [5, 5.41) is 21.1. The molecule has 5 rings (SSSR count). The first kappa shape index (κ1) is 16.8. The van der Waals surface area contributed by atoms with Gasteiger partial charge in [0.05, 0.1) is 29.8 Å². The number of aromatic hydroxyl groups is 1. The first-order chi connectivity index (χ1) is 13.2. The zero-order valence-corrected chi connectivity index (χ0v) is 15.5. The van der Waals surface area contributed by atoms with Gasteiger partial charge in [0.15, 0.2) is 0 Å². The molecule has 0 amide bonds. The van der Waals surface area contributed by atoms with Gasteiger partial charge in [-0.15, -0.1) is 0 Å².